The third-order valence-corrected chi connectivity index (χ3v) is 5.19. The van der Waals surface area contributed by atoms with Crippen LogP contribution in [0.1, 0.15) is 35.8 Å². The zero-order valence-electron chi connectivity index (χ0n) is 16.4. The minimum absolute atomic E-state index is 0.106. The fourth-order valence-corrected chi connectivity index (χ4v) is 3.77. The van der Waals surface area contributed by atoms with Crippen molar-refractivity contribution in [3.8, 4) is 5.75 Å². The minimum Gasteiger partial charge on any atom is -0.484 e. The summed E-state index contributed by atoms with van der Waals surface area (Å²) in [5.41, 5.74) is 2.52. The predicted octanol–water partition coefficient (Wildman–Crippen LogP) is 4.69. The van der Waals surface area contributed by atoms with Gasteiger partial charge in [0.15, 0.2) is 6.61 Å². The maximum Gasteiger partial charge on any atom is 0.261 e. The van der Waals surface area contributed by atoms with Crippen LogP contribution in [-0.4, -0.2) is 28.9 Å². The molecule has 2 heterocycles. The van der Waals surface area contributed by atoms with Gasteiger partial charge < -0.3 is 9.64 Å². The number of halogens is 2. The number of pyridine rings is 1. The highest BCUT2D eigenvalue weighted by molar-refractivity contribution is 5.78. The van der Waals surface area contributed by atoms with E-state index in [0.717, 1.165) is 29.8 Å². The van der Waals surface area contributed by atoms with E-state index in [1.165, 1.54) is 36.4 Å². The molecule has 1 fully saturated rings. The Morgan fingerprint density at radius 1 is 1.03 bits per heavy atom. The molecule has 1 saturated heterocycles. The van der Waals surface area contributed by atoms with Gasteiger partial charge in [0, 0.05) is 18.7 Å². The topological polar surface area (TPSA) is 42.4 Å². The molecular weight excluding hydrogens is 386 g/mol. The van der Waals surface area contributed by atoms with Gasteiger partial charge >= 0.3 is 0 Å². The number of amides is 1. The van der Waals surface area contributed by atoms with Crippen LogP contribution >= 0.6 is 0 Å². The summed E-state index contributed by atoms with van der Waals surface area (Å²) in [4.78, 5) is 19.3. The van der Waals surface area contributed by atoms with Crippen LogP contribution in [0.3, 0.4) is 0 Å². The fraction of sp³-hybridized carbons (Fsp3) is 0.250. The smallest absolute Gasteiger partial charge is 0.261 e. The number of aromatic nitrogens is 1. The number of ether oxygens (including phenoxy) is 1. The van der Waals surface area contributed by atoms with Gasteiger partial charge in [0.25, 0.3) is 5.91 Å². The molecule has 0 radical (unpaired) electrons. The lowest BCUT2D eigenvalue weighted by Gasteiger charge is -2.24. The molecule has 1 aromatic heterocycles. The maximum atomic E-state index is 13.5. The highest BCUT2D eigenvalue weighted by atomic mass is 19.1. The molecule has 4 nitrogen and oxygen atoms in total. The summed E-state index contributed by atoms with van der Waals surface area (Å²) in [6.07, 6.45) is 2.25. The van der Waals surface area contributed by atoms with E-state index in [1.807, 2.05) is 24.3 Å². The number of benzene rings is 2. The van der Waals surface area contributed by atoms with Crippen molar-refractivity contribution in [1.82, 2.24) is 9.88 Å². The number of hydrogen-bond acceptors (Lipinski definition) is 3. The second kappa shape index (κ2) is 9.03. The van der Waals surface area contributed by atoms with E-state index in [1.54, 1.807) is 11.0 Å². The van der Waals surface area contributed by atoms with Gasteiger partial charge in [-0.3, -0.25) is 9.78 Å². The Bertz CT molecular complexity index is 1020. The summed E-state index contributed by atoms with van der Waals surface area (Å²) < 4.78 is 32.0. The van der Waals surface area contributed by atoms with Crippen LogP contribution in [0.5, 0.6) is 5.75 Å². The first-order valence-corrected chi connectivity index (χ1v) is 9.96. The van der Waals surface area contributed by atoms with Crippen LogP contribution in [-0.2, 0) is 11.2 Å². The SMILES string of the molecule is O=C(COc1ccc(F)cc1)N1CCC[C@@H]1c1cccc(Cc2cccc(F)c2)n1. The average molecular weight is 408 g/mol. The van der Waals surface area contributed by atoms with Gasteiger partial charge in [0.1, 0.15) is 17.4 Å². The lowest BCUT2D eigenvalue weighted by molar-refractivity contribution is -0.134. The maximum absolute atomic E-state index is 13.5. The summed E-state index contributed by atoms with van der Waals surface area (Å²) in [7, 11) is 0. The monoisotopic (exact) mass is 408 g/mol. The van der Waals surface area contributed by atoms with Crippen LogP contribution in [0.25, 0.3) is 0 Å². The zero-order valence-corrected chi connectivity index (χ0v) is 16.4. The van der Waals surface area contributed by atoms with Crippen molar-refractivity contribution in [2.24, 2.45) is 0 Å². The van der Waals surface area contributed by atoms with Gasteiger partial charge in [-0.05, 0) is 66.9 Å². The van der Waals surface area contributed by atoms with Crippen molar-refractivity contribution in [2.45, 2.75) is 25.3 Å². The Morgan fingerprint density at radius 3 is 2.63 bits per heavy atom. The summed E-state index contributed by atoms with van der Waals surface area (Å²) in [6.45, 7) is 0.539. The number of hydrogen-bond donors (Lipinski definition) is 0. The van der Waals surface area contributed by atoms with E-state index in [4.69, 9.17) is 9.72 Å². The van der Waals surface area contributed by atoms with Gasteiger partial charge in [-0.1, -0.05) is 18.2 Å². The summed E-state index contributed by atoms with van der Waals surface area (Å²) >= 11 is 0. The van der Waals surface area contributed by atoms with Crippen molar-refractivity contribution in [3.63, 3.8) is 0 Å². The van der Waals surface area contributed by atoms with E-state index in [9.17, 15) is 13.6 Å². The predicted molar refractivity (Wildman–Crippen MR) is 109 cm³/mol. The Labute approximate surface area is 174 Å². The van der Waals surface area contributed by atoms with E-state index in [-0.39, 0.29) is 30.2 Å². The standard InChI is InChI=1S/C24H22F2N2O2/c25-18-9-11-21(12-10-18)30-16-24(29)28-13-3-8-23(28)22-7-2-6-20(27-22)15-17-4-1-5-19(26)14-17/h1-2,4-7,9-12,14,23H,3,8,13,15-16H2/t23-/m1/s1. The molecule has 1 aliphatic heterocycles. The number of nitrogens with zero attached hydrogens (tertiary/aromatic N) is 2. The molecule has 1 aliphatic rings. The first kappa shape index (κ1) is 20.0. The first-order chi connectivity index (χ1) is 14.6. The molecule has 4 rings (SSSR count). The van der Waals surface area contributed by atoms with E-state index >= 15 is 0 Å². The number of rotatable bonds is 6. The average Bonchev–Trinajstić information content (AvgIpc) is 3.23. The molecule has 0 spiro atoms. The fourth-order valence-electron chi connectivity index (χ4n) is 3.77. The Kier molecular flexibility index (Phi) is 6.02. The highest BCUT2D eigenvalue weighted by Crippen LogP contribution is 2.31. The van der Waals surface area contributed by atoms with Crippen molar-refractivity contribution in [3.05, 3.63) is 95.3 Å². The molecule has 6 heteroatoms. The molecule has 0 saturated carbocycles. The molecule has 0 N–H and O–H groups in total. The summed E-state index contributed by atoms with van der Waals surface area (Å²) in [6, 6.07) is 17.7. The van der Waals surface area contributed by atoms with Gasteiger partial charge in [0.05, 0.1) is 11.7 Å². The highest BCUT2D eigenvalue weighted by Gasteiger charge is 2.31. The Morgan fingerprint density at radius 2 is 1.83 bits per heavy atom. The molecule has 1 atom stereocenters. The summed E-state index contributed by atoms with van der Waals surface area (Å²) in [5, 5.41) is 0. The third-order valence-electron chi connectivity index (χ3n) is 5.19. The molecule has 2 aromatic carbocycles. The van der Waals surface area contributed by atoms with E-state index in [0.29, 0.717) is 18.7 Å². The number of likely N-dealkylation sites (tertiary alicyclic amines) is 1. The molecule has 3 aromatic rings. The van der Waals surface area contributed by atoms with Crippen LogP contribution in [0.15, 0.2) is 66.7 Å². The molecule has 0 aliphatic carbocycles. The van der Waals surface area contributed by atoms with Gasteiger partial charge in [-0.2, -0.15) is 0 Å². The van der Waals surface area contributed by atoms with Crippen molar-refractivity contribution in [1.29, 1.82) is 0 Å². The van der Waals surface area contributed by atoms with Crippen molar-refractivity contribution >= 4 is 5.91 Å². The van der Waals surface area contributed by atoms with Gasteiger partial charge in [0.2, 0.25) is 0 Å². The first-order valence-electron chi connectivity index (χ1n) is 9.96. The lowest BCUT2D eigenvalue weighted by atomic mass is 10.1. The van der Waals surface area contributed by atoms with Crippen LogP contribution in [0.2, 0.25) is 0 Å². The molecule has 154 valence electrons. The van der Waals surface area contributed by atoms with Crippen molar-refractivity contribution in [2.75, 3.05) is 13.2 Å². The molecular formula is C24H22F2N2O2. The van der Waals surface area contributed by atoms with Gasteiger partial charge in [-0.15, -0.1) is 0 Å². The molecule has 1 amide bonds. The second-order valence-electron chi connectivity index (χ2n) is 7.35. The van der Waals surface area contributed by atoms with E-state index in [2.05, 4.69) is 0 Å². The normalized spacial score (nSPS) is 15.9. The number of carbonyl (C=O) groups is 1. The molecule has 0 unspecified atom stereocenters. The van der Waals surface area contributed by atoms with E-state index < -0.39 is 0 Å². The van der Waals surface area contributed by atoms with Crippen LogP contribution in [0, 0.1) is 11.6 Å². The second-order valence-corrected chi connectivity index (χ2v) is 7.35. The Hall–Kier alpha value is -3.28. The zero-order chi connectivity index (χ0) is 20.9. The summed E-state index contributed by atoms with van der Waals surface area (Å²) in [5.74, 6) is -0.287. The van der Waals surface area contributed by atoms with Crippen molar-refractivity contribution < 1.29 is 18.3 Å². The third kappa shape index (κ3) is 4.82. The van der Waals surface area contributed by atoms with Gasteiger partial charge in [-0.25, -0.2) is 8.78 Å². The largest absolute Gasteiger partial charge is 0.484 e. The lowest BCUT2D eigenvalue weighted by Crippen LogP contribution is -2.34. The minimum atomic E-state index is -0.350. The van der Waals surface area contributed by atoms with Crippen LogP contribution < -0.4 is 4.74 Å². The molecule has 30 heavy (non-hydrogen) atoms. The van der Waals surface area contributed by atoms with Crippen LogP contribution in [0.4, 0.5) is 8.78 Å². The number of carbonyl (C=O) groups excluding carboxylic acids is 1. The molecule has 0 bridgehead atoms. The quantitative estimate of drug-likeness (QED) is 0.594. The Balaban J connectivity index is 1.43.